The zero-order chi connectivity index (χ0) is 12.7. The molecule has 1 aromatic rings. The minimum atomic E-state index is -0.458. The number of hydrogen-bond donors (Lipinski definition) is 1. The summed E-state index contributed by atoms with van der Waals surface area (Å²) in [5, 5.41) is 11.1. The molecule has 0 radical (unpaired) electrons. The molecule has 0 bridgehead atoms. The first kappa shape index (κ1) is 12.2. The van der Waals surface area contributed by atoms with Gasteiger partial charge in [-0.25, -0.2) is 0 Å². The van der Waals surface area contributed by atoms with Crippen molar-refractivity contribution in [3.63, 3.8) is 0 Å². The number of aliphatic hydroxyl groups excluding tert-OH is 1. The molecule has 1 heterocycles. The van der Waals surface area contributed by atoms with Crippen molar-refractivity contribution >= 4 is 21.8 Å². The van der Waals surface area contributed by atoms with Crippen LogP contribution in [0.5, 0.6) is 0 Å². The molecule has 3 rings (SSSR count). The number of nitrogens with zero attached hydrogens (tertiary/aromatic N) is 1. The van der Waals surface area contributed by atoms with Crippen LogP contribution in [0.25, 0.3) is 0 Å². The van der Waals surface area contributed by atoms with Gasteiger partial charge in [-0.15, -0.1) is 0 Å². The fourth-order valence-electron chi connectivity index (χ4n) is 3.11. The van der Waals surface area contributed by atoms with E-state index in [1.807, 2.05) is 29.2 Å². The smallest absolute Gasteiger partial charge is 0.223 e. The van der Waals surface area contributed by atoms with Crippen molar-refractivity contribution < 1.29 is 9.90 Å². The highest BCUT2D eigenvalue weighted by atomic mass is 79.9. The van der Waals surface area contributed by atoms with Gasteiger partial charge in [0.1, 0.15) is 0 Å². The quantitative estimate of drug-likeness (QED) is 0.848. The van der Waals surface area contributed by atoms with E-state index in [0.717, 1.165) is 17.4 Å². The Hall–Kier alpha value is -0.870. The largest absolute Gasteiger partial charge is 0.390 e. The Morgan fingerprint density at radius 2 is 2.11 bits per heavy atom. The summed E-state index contributed by atoms with van der Waals surface area (Å²) in [6.07, 6.45) is 0.792. The molecule has 1 saturated heterocycles. The van der Waals surface area contributed by atoms with Gasteiger partial charge in [0.15, 0.2) is 0 Å². The van der Waals surface area contributed by atoms with Gasteiger partial charge in [-0.1, -0.05) is 40.2 Å². The van der Waals surface area contributed by atoms with Gasteiger partial charge in [0, 0.05) is 24.7 Å². The number of carbonyl (C=O) groups is 1. The molecule has 0 spiro atoms. The lowest BCUT2D eigenvalue weighted by Crippen LogP contribution is -2.35. The molecule has 3 nitrogen and oxygen atoms in total. The lowest BCUT2D eigenvalue weighted by Gasteiger charge is -2.28. The zero-order valence-corrected chi connectivity index (χ0v) is 11.6. The van der Waals surface area contributed by atoms with Crippen molar-refractivity contribution in [1.82, 2.24) is 4.90 Å². The van der Waals surface area contributed by atoms with Gasteiger partial charge in [0.05, 0.1) is 12.1 Å². The number of aliphatic hydroxyl groups is 1. The van der Waals surface area contributed by atoms with Crippen LogP contribution in [0, 0.1) is 5.92 Å². The monoisotopic (exact) mass is 309 g/mol. The first-order chi connectivity index (χ1) is 8.70. The molecule has 96 valence electrons. The van der Waals surface area contributed by atoms with Crippen LogP contribution in [0.1, 0.15) is 23.6 Å². The van der Waals surface area contributed by atoms with E-state index in [4.69, 9.17) is 0 Å². The topological polar surface area (TPSA) is 40.5 Å². The minimum Gasteiger partial charge on any atom is -0.390 e. The molecule has 0 saturated carbocycles. The number of halogens is 1. The number of benzene rings is 1. The highest BCUT2D eigenvalue weighted by Gasteiger charge is 2.41. The second-order valence-electron chi connectivity index (χ2n) is 5.19. The van der Waals surface area contributed by atoms with E-state index >= 15 is 0 Å². The summed E-state index contributed by atoms with van der Waals surface area (Å²) >= 11 is 3.45. The van der Waals surface area contributed by atoms with E-state index < -0.39 is 6.10 Å². The molecule has 18 heavy (non-hydrogen) atoms. The van der Waals surface area contributed by atoms with Crippen LogP contribution in [-0.2, 0) is 11.2 Å². The lowest BCUT2D eigenvalue weighted by molar-refractivity contribution is -0.131. The maximum atomic E-state index is 12.1. The third-order valence-corrected chi connectivity index (χ3v) is 4.88. The SMILES string of the molecule is O=C1CC(CBr)CN1C1c2ccccc2CC1O. The van der Waals surface area contributed by atoms with Gasteiger partial charge >= 0.3 is 0 Å². The van der Waals surface area contributed by atoms with Crippen LogP contribution in [0.2, 0.25) is 0 Å². The van der Waals surface area contributed by atoms with Crippen molar-refractivity contribution in [2.24, 2.45) is 5.92 Å². The molecule has 1 aliphatic heterocycles. The van der Waals surface area contributed by atoms with Crippen LogP contribution < -0.4 is 0 Å². The Balaban J connectivity index is 1.91. The lowest BCUT2D eigenvalue weighted by atomic mass is 10.1. The van der Waals surface area contributed by atoms with Gasteiger partial charge in [0.25, 0.3) is 0 Å². The van der Waals surface area contributed by atoms with Gasteiger partial charge < -0.3 is 10.0 Å². The molecule has 0 aromatic heterocycles. The summed E-state index contributed by atoms with van der Waals surface area (Å²) < 4.78 is 0. The van der Waals surface area contributed by atoms with E-state index in [1.54, 1.807) is 0 Å². The van der Waals surface area contributed by atoms with Gasteiger partial charge in [-0.3, -0.25) is 4.79 Å². The van der Waals surface area contributed by atoms with Crippen molar-refractivity contribution in [3.05, 3.63) is 35.4 Å². The second-order valence-corrected chi connectivity index (χ2v) is 5.83. The highest BCUT2D eigenvalue weighted by molar-refractivity contribution is 9.09. The van der Waals surface area contributed by atoms with E-state index in [-0.39, 0.29) is 11.9 Å². The van der Waals surface area contributed by atoms with Crippen LogP contribution in [0.15, 0.2) is 24.3 Å². The van der Waals surface area contributed by atoms with Crippen molar-refractivity contribution in [1.29, 1.82) is 0 Å². The van der Waals surface area contributed by atoms with Crippen molar-refractivity contribution in [2.45, 2.75) is 25.0 Å². The first-order valence-corrected chi connectivity index (χ1v) is 7.44. The van der Waals surface area contributed by atoms with Gasteiger partial charge in [-0.2, -0.15) is 0 Å². The molecule has 1 aliphatic carbocycles. The van der Waals surface area contributed by atoms with E-state index in [1.165, 1.54) is 5.56 Å². The molecular formula is C14H16BrNO2. The highest BCUT2D eigenvalue weighted by Crippen LogP contribution is 2.39. The summed E-state index contributed by atoms with van der Waals surface area (Å²) in [5.41, 5.74) is 2.29. The van der Waals surface area contributed by atoms with Gasteiger partial charge in [0.2, 0.25) is 5.91 Å². The third kappa shape index (κ3) is 1.88. The van der Waals surface area contributed by atoms with E-state index in [9.17, 15) is 9.90 Å². The normalized spacial score (nSPS) is 30.9. The maximum Gasteiger partial charge on any atom is 0.223 e. The number of amides is 1. The Morgan fingerprint density at radius 1 is 1.33 bits per heavy atom. The summed E-state index contributed by atoms with van der Waals surface area (Å²) in [4.78, 5) is 13.9. The van der Waals surface area contributed by atoms with Crippen LogP contribution in [-0.4, -0.2) is 33.9 Å². The van der Waals surface area contributed by atoms with Crippen molar-refractivity contribution in [2.75, 3.05) is 11.9 Å². The van der Waals surface area contributed by atoms with Crippen LogP contribution >= 0.6 is 15.9 Å². The van der Waals surface area contributed by atoms with Crippen molar-refractivity contribution in [3.8, 4) is 0 Å². The molecule has 1 aromatic carbocycles. The standard InChI is InChI=1S/C14H16BrNO2/c15-7-9-5-13(18)16(8-9)14-11-4-2-1-3-10(11)6-12(14)17/h1-4,9,12,14,17H,5-8H2. The number of rotatable bonds is 2. The van der Waals surface area contributed by atoms with Gasteiger partial charge in [-0.05, 0) is 17.0 Å². The Kier molecular flexibility index (Phi) is 3.16. The molecule has 1 amide bonds. The molecule has 3 unspecified atom stereocenters. The molecular weight excluding hydrogens is 294 g/mol. The predicted octanol–water partition coefficient (Wildman–Crippen LogP) is 1.89. The third-order valence-electron chi connectivity index (χ3n) is 3.96. The second kappa shape index (κ2) is 4.67. The number of likely N-dealkylation sites (tertiary alicyclic amines) is 1. The fraction of sp³-hybridized carbons (Fsp3) is 0.500. The van der Waals surface area contributed by atoms with E-state index in [0.29, 0.717) is 18.8 Å². The molecule has 2 aliphatic rings. The number of carbonyl (C=O) groups excluding carboxylic acids is 1. The Morgan fingerprint density at radius 3 is 2.83 bits per heavy atom. The first-order valence-electron chi connectivity index (χ1n) is 6.32. The summed E-state index contributed by atoms with van der Waals surface area (Å²) in [6.45, 7) is 0.750. The molecule has 1 N–H and O–H groups in total. The maximum absolute atomic E-state index is 12.1. The minimum absolute atomic E-state index is 0.141. The average Bonchev–Trinajstić information content (AvgIpc) is 2.88. The average molecular weight is 310 g/mol. The number of hydrogen-bond acceptors (Lipinski definition) is 2. The molecule has 3 atom stereocenters. The van der Waals surface area contributed by atoms with Crippen LogP contribution in [0.3, 0.4) is 0 Å². The van der Waals surface area contributed by atoms with Crippen LogP contribution in [0.4, 0.5) is 0 Å². The number of alkyl halides is 1. The summed E-state index contributed by atoms with van der Waals surface area (Å²) in [7, 11) is 0. The fourth-order valence-corrected chi connectivity index (χ4v) is 3.54. The zero-order valence-electron chi connectivity index (χ0n) is 10.1. The van der Waals surface area contributed by atoms with E-state index in [2.05, 4.69) is 15.9 Å². The summed E-state index contributed by atoms with van der Waals surface area (Å²) in [6, 6.07) is 7.90. The Bertz CT molecular complexity index is 477. The Labute approximate surface area is 115 Å². The predicted molar refractivity (Wildman–Crippen MR) is 72.5 cm³/mol. The number of fused-ring (bicyclic) bond motifs is 1. The molecule has 4 heteroatoms. The molecule has 1 fully saturated rings. The summed E-state index contributed by atoms with van der Waals surface area (Å²) in [5.74, 6) is 0.540.